The number of ether oxygens (including phenoxy) is 1. The Morgan fingerprint density at radius 2 is 1.93 bits per heavy atom. The molecular weight excluding hydrogens is 352 g/mol. The van der Waals surface area contributed by atoms with E-state index >= 15 is 0 Å². The highest BCUT2D eigenvalue weighted by Crippen LogP contribution is 2.43. The van der Waals surface area contributed by atoms with Crippen LogP contribution in [0.2, 0.25) is 0 Å². The third kappa shape index (κ3) is 3.72. The van der Waals surface area contributed by atoms with Crippen molar-refractivity contribution in [2.45, 2.75) is 64.0 Å². The molecule has 0 unspecified atom stereocenters. The summed E-state index contributed by atoms with van der Waals surface area (Å²) in [5, 5.41) is 3.05. The first-order valence-electron chi connectivity index (χ1n) is 10.6. The maximum Gasteiger partial charge on any atom is 0.335 e. The molecule has 1 aromatic rings. The van der Waals surface area contributed by atoms with Crippen LogP contribution in [0.25, 0.3) is 0 Å². The third-order valence-electron chi connectivity index (χ3n) is 6.46. The van der Waals surface area contributed by atoms with Crippen LogP contribution >= 0.6 is 0 Å². The fourth-order valence-electron chi connectivity index (χ4n) is 4.94. The van der Waals surface area contributed by atoms with Crippen LogP contribution in [0.4, 0.5) is 0 Å². The Labute approximate surface area is 167 Å². The molecule has 2 heterocycles. The first kappa shape index (κ1) is 19.2. The van der Waals surface area contributed by atoms with Gasteiger partial charge in [0.2, 0.25) is 0 Å². The largest absolute Gasteiger partial charge is 0.451 e. The molecule has 5 heteroatoms. The molecule has 150 valence electrons. The normalized spacial score (nSPS) is 21.5. The summed E-state index contributed by atoms with van der Waals surface area (Å²) in [5.41, 5.74) is 3.29. The van der Waals surface area contributed by atoms with Crippen molar-refractivity contribution in [3.63, 3.8) is 0 Å². The predicted molar refractivity (Wildman–Crippen MR) is 108 cm³/mol. The van der Waals surface area contributed by atoms with E-state index in [1.807, 2.05) is 0 Å². The number of nitrogens with zero attached hydrogens (tertiary/aromatic N) is 1. The Hall–Kier alpha value is -2.14. The SMILES string of the molecule is CC1=C(C(=O)NCCCN2CCc3ccccc3C2)C2(CCCCC2)OC1=O. The number of nitrogens with one attached hydrogen (secondary N) is 1. The van der Waals surface area contributed by atoms with Crippen LogP contribution < -0.4 is 5.32 Å². The third-order valence-corrected chi connectivity index (χ3v) is 6.46. The second kappa shape index (κ2) is 8.08. The number of hydrogen-bond donors (Lipinski definition) is 1. The summed E-state index contributed by atoms with van der Waals surface area (Å²) < 4.78 is 5.69. The molecule has 1 N–H and O–H groups in total. The van der Waals surface area contributed by atoms with Crippen LogP contribution in [0.3, 0.4) is 0 Å². The predicted octanol–water partition coefficient (Wildman–Crippen LogP) is 3.13. The number of rotatable bonds is 5. The minimum atomic E-state index is -0.667. The van der Waals surface area contributed by atoms with Crippen LogP contribution in [0.5, 0.6) is 0 Å². The van der Waals surface area contributed by atoms with Crippen molar-refractivity contribution in [1.29, 1.82) is 0 Å². The van der Waals surface area contributed by atoms with E-state index in [9.17, 15) is 9.59 Å². The maximum absolute atomic E-state index is 12.9. The van der Waals surface area contributed by atoms with E-state index < -0.39 is 5.60 Å². The molecule has 1 aliphatic carbocycles. The molecule has 0 bridgehead atoms. The van der Waals surface area contributed by atoms with E-state index in [2.05, 4.69) is 34.5 Å². The van der Waals surface area contributed by atoms with E-state index in [4.69, 9.17) is 4.74 Å². The average Bonchev–Trinajstić information content (AvgIpc) is 2.95. The number of carbonyl (C=O) groups is 2. The van der Waals surface area contributed by atoms with E-state index in [0.717, 1.165) is 64.6 Å². The summed E-state index contributed by atoms with van der Waals surface area (Å²) in [6.45, 7) is 5.37. The van der Waals surface area contributed by atoms with Crippen molar-refractivity contribution in [2.24, 2.45) is 0 Å². The van der Waals surface area contributed by atoms with Crippen molar-refractivity contribution in [3.05, 3.63) is 46.5 Å². The summed E-state index contributed by atoms with van der Waals surface area (Å²) in [5.74, 6) is -0.437. The smallest absolute Gasteiger partial charge is 0.335 e. The summed E-state index contributed by atoms with van der Waals surface area (Å²) in [6.07, 6.45) is 6.70. The van der Waals surface area contributed by atoms with Crippen molar-refractivity contribution in [3.8, 4) is 0 Å². The fraction of sp³-hybridized carbons (Fsp3) is 0.565. The molecule has 0 radical (unpaired) electrons. The number of hydrogen-bond acceptors (Lipinski definition) is 4. The monoisotopic (exact) mass is 382 g/mol. The molecule has 2 aliphatic heterocycles. The van der Waals surface area contributed by atoms with Gasteiger partial charge >= 0.3 is 5.97 Å². The lowest BCUT2D eigenvalue weighted by molar-refractivity contribution is -0.149. The first-order chi connectivity index (χ1) is 13.6. The summed E-state index contributed by atoms with van der Waals surface area (Å²) in [6, 6.07) is 8.64. The highest BCUT2D eigenvalue weighted by atomic mass is 16.6. The maximum atomic E-state index is 12.9. The highest BCUT2D eigenvalue weighted by Gasteiger charge is 2.49. The number of carbonyl (C=O) groups excluding carboxylic acids is 2. The highest BCUT2D eigenvalue weighted by molar-refractivity contribution is 6.07. The molecule has 1 fully saturated rings. The van der Waals surface area contributed by atoms with Crippen molar-refractivity contribution >= 4 is 11.9 Å². The molecule has 3 aliphatic rings. The summed E-state index contributed by atoms with van der Waals surface area (Å²) in [4.78, 5) is 27.5. The summed E-state index contributed by atoms with van der Waals surface area (Å²) >= 11 is 0. The van der Waals surface area contributed by atoms with Crippen LogP contribution in [0, 0.1) is 0 Å². The van der Waals surface area contributed by atoms with Gasteiger partial charge in [0.15, 0.2) is 0 Å². The van der Waals surface area contributed by atoms with Crippen molar-refractivity contribution < 1.29 is 14.3 Å². The van der Waals surface area contributed by atoms with Gasteiger partial charge in [-0.05, 0) is 56.6 Å². The zero-order valence-corrected chi connectivity index (χ0v) is 16.8. The fourth-order valence-corrected chi connectivity index (χ4v) is 4.94. The molecule has 1 amide bonds. The second-order valence-corrected chi connectivity index (χ2v) is 8.35. The zero-order valence-electron chi connectivity index (χ0n) is 16.8. The van der Waals surface area contributed by atoms with Gasteiger partial charge in [-0.2, -0.15) is 0 Å². The Morgan fingerprint density at radius 1 is 1.18 bits per heavy atom. The van der Waals surface area contributed by atoms with E-state index in [0.29, 0.717) is 17.7 Å². The molecule has 1 saturated carbocycles. The molecule has 0 atom stereocenters. The van der Waals surface area contributed by atoms with E-state index in [-0.39, 0.29) is 11.9 Å². The minimum absolute atomic E-state index is 0.116. The Morgan fingerprint density at radius 3 is 2.71 bits per heavy atom. The zero-order chi connectivity index (χ0) is 19.6. The van der Waals surface area contributed by atoms with Crippen LogP contribution in [0.1, 0.15) is 56.6 Å². The number of fused-ring (bicyclic) bond motifs is 1. The molecule has 4 rings (SSSR count). The van der Waals surface area contributed by atoms with Gasteiger partial charge in [-0.25, -0.2) is 4.79 Å². The van der Waals surface area contributed by atoms with Gasteiger partial charge in [-0.1, -0.05) is 30.7 Å². The van der Waals surface area contributed by atoms with Crippen molar-refractivity contribution in [1.82, 2.24) is 10.2 Å². The molecular formula is C23H30N2O3. The lowest BCUT2D eigenvalue weighted by atomic mass is 9.78. The van der Waals surface area contributed by atoms with E-state index in [1.54, 1.807) is 6.92 Å². The average molecular weight is 383 g/mol. The molecule has 1 aromatic carbocycles. The topological polar surface area (TPSA) is 58.6 Å². The van der Waals surface area contributed by atoms with Crippen molar-refractivity contribution in [2.75, 3.05) is 19.6 Å². The van der Waals surface area contributed by atoms with Crippen LogP contribution in [0.15, 0.2) is 35.4 Å². The molecule has 0 aromatic heterocycles. The second-order valence-electron chi connectivity index (χ2n) is 8.35. The van der Waals surface area contributed by atoms with Crippen LogP contribution in [-0.2, 0) is 27.3 Å². The van der Waals surface area contributed by atoms with E-state index in [1.165, 1.54) is 11.1 Å². The first-order valence-corrected chi connectivity index (χ1v) is 10.6. The van der Waals surface area contributed by atoms with Gasteiger partial charge in [0, 0.05) is 31.8 Å². The summed E-state index contributed by atoms with van der Waals surface area (Å²) in [7, 11) is 0. The number of amides is 1. The lowest BCUT2D eigenvalue weighted by Crippen LogP contribution is -2.41. The molecule has 0 saturated heterocycles. The van der Waals surface area contributed by atoms with Crippen LogP contribution in [-0.4, -0.2) is 42.0 Å². The Bertz CT molecular complexity index is 793. The molecule has 5 nitrogen and oxygen atoms in total. The van der Waals surface area contributed by atoms with Gasteiger partial charge in [0.1, 0.15) is 5.60 Å². The molecule has 1 spiro atoms. The molecule has 28 heavy (non-hydrogen) atoms. The number of benzene rings is 1. The Balaban J connectivity index is 1.29. The van der Waals surface area contributed by atoms with Gasteiger partial charge in [-0.15, -0.1) is 0 Å². The van der Waals surface area contributed by atoms with Gasteiger partial charge in [0.25, 0.3) is 5.91 Å². The van der Waals surface area contributed by atoms with Gasteiger partial charge in [-0.3, -0.25) is 9.69 Å². The lowest BCUT2D eigenvalue weighted by Gasteiger charge is -2.34. The van der Waals surface area contributed by atoms with Gasteiger partial charge in [0.05, 0.1) is 5.57 Å². The Kier molecular flexibility index (Phi) is 5.54. The van der Waals surface area contributed by atoms with Gasteiger partial charge < -0.3 is 10.1 Å². The minimum Gasteiger partial charge on any atom is -0.451 e. The quantitative estimate of drug-likeness (QED) is 0.628. The standard InChI is InChI=1S/C23H30N2O3/c1-17-20(23(28-22(17)27)11-5-2-6-12-23)21(26)24-13-7-14-25-15-10-18-8-3-4-9-19(18)16-25/h3-4,8-9H,2,5-7,10-16H2,1H3,(H,24,26). The number of esters is 1.